The maximum Gasteiger partial charge on any atom is 0.241 e. The Labute approximate surface area is 175 Å². The van der Waals surface area contributed by atoms with E-state index >= 15 is 0 Å². The number of halogens is 2. The van der Waals surface area contributed by atoms with Crippen LogP contribution in [0.2, 0.25) is 5.02 Å². The standard InChI is InChI=1S/C22H25ClFN3O2/c1-15-3-5-17(6-4-15)13-21(28)27-11-9-26(10-12-27)16(2)22(29)25-18-7-8-20(24)19(23)14-18/h3-8,14,16H,9-13H2,1-2H3,(H,25,29). The van der Waals surface area contributed by atoms with Gasteiger partial charge in [-0.2, -0.15) is 0 Å². The van der Waals surface area contributed by atoms with Crippen molar-refractivity contribution in [3.8, 4) is 0 Å². The van der Waals surface area contributed by atoms with E-state index in [0.717, 1.165) is 5.56 Å². The van der Waals surface area contributed by atoms with Crippen LogP contribution in [0.1, 0.15) is 18.1 Å². The molecule has 1 aliphatic heterocycles. The predicted octanol–water partition coefficient (Wildman–Crippen LogP) is 3.50. The number of carbonyl (C=O) groups is 2. The van der Waals surface area contributed by atoms with Crippen LogP contribution in [0.3, 0.4) is 0 Å². The van der Waals surface area contributed by atoms with Crippen molar-refractivity contribution < 1.29 is 14.0 Å². The fraction of sp³-hybridized carbons (Fsp3) is 0.364. The van der Waals surface area contributed by atoms with Crippen molar-refractivity contribution >= 4 is 29.1 Å². The van der Waals surface area contributed by atoms with Crippen LogP contribution < -0.4 is 5.32 Å². The molecule has 2 amide bonds. The normalized spacial score (nSPS) is 15.8. The van der Waals surface area contributed by atoms with Crippen molar-refractivity contribution in [2.75, 3.05) is 31.5 Å². The zero-order valence-corrected chi connectivity index (χ0v) is 17.4. The summed E-state index contributed by atoms with van der Waals surface area (Å²) in [6.45, 7) is 6.27. The molecule has 2 aromatic carbocycles. The minimum absolute atomic E-state index is 0.0313. The molecule has 0 radical (unpaired) electrons. The van der Waals surface area contributed by atoms with Gasteiger partial charge in [0.2, 0.25) is 11.8 Å². The van der Waals surface area contributed by atoms with Crippen LogP contribution in [0, 0.1) is 12.7 Å². The van der Waals surface area contributed by atoms with Gasteiger partial charge in [0.05, 0.1) is 17.5 Å². The number of amides is 2. The lowest BCUT2D eigenvalue weighted by Crippen LogP contribution is -2.54. The van der Waals surface area contributed by atoms with E-state index in [1.54, 1.807) is 0 Å². The summed E-state index contributed by atoms with van der Waals surface area (Å²) in [5, 5.41) is 2.73. The highest BCUT2D eigenvalue weighted by molar-refractivity contribution is 6.31. The Morgan fingerprint density at radius 3 is 2.38 bits per heavy atom. The van der Waals surface area contributed by atoms with E-state index in [1.807, 2.05) is 47.9 Å². The lowest BCUT2D eigenvalue weighted by molar-refractivity contribution is -0.133. The van der Waals surface area contributed by atoms with Gasteiger partial charge in [0.25, 0.3) is 0 Å². The van der Waals surface area contributed by atoms with Gasteiger partial charge in [-0.05, 0) is 37.6 Å². The molecule has 0 aromatic heterocycles. The topological polar surface area (TPSA) is 52.7 Å². The maximum atomic E-state index is 13.3. The molecule has 1 aliphatic rings. The molecule has 0 spiro atoms. The number of nitrogens with zero attached hydrogens (tertiary/aromatic N) is 2. The lowest BCUT2D eigenvalue weighted by atomic mass is 10.1. The molecule has 0 bridgehead atoms. The molecular formula is C22H25ClFN3O2. The third-order valence-electron chi connectivity index (χ3n) is 5.26. The third-order valence-corrected chi connectivity index (χ3v) is 5.55. The number of hydrogen-bond acceptors (Lipinski definition) is 3. The predicted molar refractivity (Wildman–Crippen MR) is 113 cm³/mol. The molecule has 154 valence electrons. The average Bonchev–Trinajstić information content (AvgIpc) is 2.72. The number of nitrogens with one attached hydrogen (secondary N) is 1. The average molecular weight is 418 g/mol. The first-order chi connectivity index (χ1) is 13.8. The number of carbonyl (C=O) groups excluding carboxylic acids is 2. The van der Waals surface area contributed by atoms with Crippen LogP contribution in [0.5, 0.6) is 0 Å². The van der Waals surface area contributed by atoms with Gasteiger partial charge in [0, 0.05) is 31.9 Å². The quantitative estimate of drug-likeness (QED) is 0.810. The fourth-order valence-corrected chi connectivity index (χ4v) is 3.52. The van der Waals surface area contributed by atoms with Gasteiger partial charge in [-0.3, -0.25) is 14.5 Å². The Morgan fingerprint density at radius 1 is 1.10 bits per heavy atom. The minimum atomic E-state index is -0.524. The second-order valence-corrected chi connectivity index (χ2v) is 7.78. The summed E-state index contributed by atoms with van der Waals surface area (Å²) in [6, 6.07) is 11.7. The van der Waals surface area contributed by atoms with Crippen LogP contribution in [0.25, 0.3) is 0 Å². The van der Waals surface area contributed by atoms with Crippen LogP contribution in [0.4, 0.5) is 10.1 Å². The lowest BCUT2D eigenvalue weighted by Gasteiger charge is -2.37. The summed E-state index contributed by atoms with van der Waals surface area (Å²) in [6.07, 6.45) is 0.391. The van der Waals surface area contributed by atoms with Gasteiger partial charge in [0.1, 0.15) is 5.82 Å². The molecular weight excluding hydrogens is 393 g/mol. The molecule has 1 unspecified atom stereocenters. The first-order valence-electron chi connectivity index (χ1n) is 9.67. The molecule has 1 fully saturated rings. The van der Waals surface area contributed by atoms with E-state index in [1.165, 1.54) is 23.8 Å². The number of rotatable bonds is 5. The Hall–Kier alpha value is -2.44. The molecule has 0 aliphatic carbocycles. The van der Waals surface area contributed by atoms with Crippen molar-refractivity contribution in [3.63, 3.8) is 0 Å². The van der Waals surface area contributed by atoms with E-state index in [-0.39, 0.29) is 22.9 Å². The Kier molecular flexibility index (Phi) is 6.87. The van der Waals surface area contributed by atoms with Crippen LogP contribution in [-0.4, -0.2) is 53.8 Å². The smallest absolute Gasteiger partial charge is 0.241 e. The Bertz CT molecular complexity index is 880. The molecule has 1 N–H and O–H groups in total. The van der Waals surface area contributed by atoms with Gasteiger partial charge >= 0.3 is 0 Å². The Balaban J connectivity index is 1.49. The molecule has 1 heterocycles. The molecule has 1 atom stereocenters. The largest absolute Gasteiger partial charge is 0.340 e. The van der Waals surface area contributed by atoms with E-state index in [4.69, 9.17) is 11.6 Å². The summed E-state index contributed by atoms with van der Waals surface area (Å²) in [5.74, 6) is -0.609. The first kappa shape index (κ1) is 21.3. The van der Waals surface area contributed by atoms with E-state index in [9.17, 15) is 14.0 Å². The van der Waals surface area contributed by atoms with E-state index in [0.29, 0.717) is 38.3 Å². The molecule has 1 saturated heterocycles. The highest BCUT2D eigenvalue weighted by atomic mass is 35.5. The number of aryl methyl sites for hydroxylation is 1. The third kappa shape index (κ3) is 5.55. The molecule has 5 nitrogen and oxygen atoms in total. The highest BCUT2D eigenvalue weighted by Crippen LogP contribution is 2.20. The highest BCUT2D eigenvalue weighted by Gasteiger charge is 2.27. The van der Waals surface area contributed by atoms with Crippen molar-refractivity contribution in [1.82, 2.24) is 9.80 Å². The van der Waals surface area contributed by atoms with Crippen LogP contribution in [0.15, 0.2) is 42.5 Å². The first-order valence-corrected chi connectivity index (χ1v) is 10.0. The number of anilines is 1. The summed E-state index contributed by atoms with van der Waals surface area (Å²) in [7, 11) is 0. The summed E-state index contributed by atoms with van der Waals surface area (Å²) >= 11 is 5.76. The van der Waals surface area contributed by atoms with Gasteiger partial charge in [-0.1, -0.05) is 41.4 Å². The van der Waals surface area contributed by atoms with Crippen molar-refractivity contribution in [2.45, 2.75) is 26.3 Å². The number of benzene rings is 2. The van der Waals surface area contributed by atoms with Gasteiger partial charge in [-0.25, -0.2) is 4.39 Å². The zero-order chi connectivity index (χ0) is 21.0. The van der Waals surface area contributed by atoms with Gasteiger partial charge < -0.3 is 10.2 Å². The molecule has 2 aromatic rings. The van der Waals surface area contributed by atoms with Crippen LogP contribution >= 0.6 is 11.6 Å². The summed E-state index contributed by atoms with van der Waals surface area (Å²) in [5.41, 5.74) is 2.64. The van der Waals surface area contributed by atoms with E-state index < -0.39 is 5.82 Å². The summed E-state index contributed by atoms with van der Waals surface area (Å²) in [4.78, 5) is 29.0. The van der Waals surface area contributed by atoms with Gasteiger partial charge in [0.15, 0.2) is 0 Å². The Morgan fingerprint density at radius 2 is 1.76 bits per heavy atom. The van der Waals surface area contributed by atoms with Gasteiger partial charge in [-0.15, -0.1) is 0 Å². The van der Waals surface area contributed by atoms with Crippen molar-refractivity contribution in [2.24, 2.45) is 0 Å². The molecule has 29 heavy (non-hydrogen) atoms. The fourth-order valence-electron chi connectivity index (χ4n) is 3.34. The minimum Gasteiger partial charge on any atom is -0.340 e. The molecule has 3 rings (SSSR count). The second kappa shape index (κ2) is 9.37. The van der Waals surface area contributed by atoms with E-state index in [2.05, 4.69) is 5.32 Å². The second-order valence-electron chi connectivity index (χ2n) is 7.37. The number of piperazine rings is 1. The van der Waals surface area contributed by atoms with Crippen molar-refractivity contribution in [3.05, 3.63) is 64.4 Å². The molecule has 7 heteroatoms. The van der Waals surface area contributed by atoms with Crippen molar-refractivity contribution in [1.29, 1.82) is 0 Å². The zero-order valence-electron chi connectivity index (χ0n) is 16.6. The summed E-state index contributed by atoms with van der Waals surface area (Å²) < 4.78 is 13.3. The van der Waals surface area contributed by atoms with Crippen LogP contribution in [-0.2, 0) is 16.0 Å². The SMILES string of the molecule is Cc1ccc(CC(=O)N2CCN(C(C)C(=O)Nc3ccc(F)c(Cl)c3)CC2)cc1. The maximum absolute atomic E-state index is 13.3. The number of hydrogen-bond donors (Lipinski definition) is 1. The molecule has 0 saturated carbocycles. The monoisotopic (exact) mass is 417 g/mol.